The molecule has 0 aliphatic heterocycles. The van der Waals surface area contributed by atoms with Crippen molar-refractivity contribution in [2.75, 3.05) is 13.2 Å². The van der Waals surface area contributed by atoms with Gasteiger partial charge in [-0.15, -0.1) is 5.73 Å². The van der Waals surface area contributed by atoms with Gasteiger partial charge in [0, 0.05) is 25.1 Å². The smallest absolute Gasteiger partial charge is 0.127 e. The Morgan fingerprint density at radius 3 is 2.86 bits per heavy atom. The van der Waals surface area contributed by atoms with E-state index in [1.165, 1.54) is 18.4 Å². The molecule has 29 heavy (non-hydrogen) atoms. The number of rotatable bonds is 10. The fourth-order valence-electron chi connectivity index (χ4n) is 3.59. The van der Waals surface area contributed by atoms with Crippen LogP contribution in [0, 0.1) is 30.1 Å². The molecule has 1 atom stereocenters. The van der Waals surface area contributed by atoms with Crippen LogP contribution in [0.5, 0.6) is 5.75 Å². The molecule has 0 fully saturated rings. The van der Waals surface area contributed by atoms with Gasteiger partial charge in [0.2, 0.25) is 0 Å². The third-order valence-corrected chi connectivity index (χ3v) is 4.92. The lowest BCUT2D eigenvalue weighted by atomic mass is 9.94. The van der Waals surface area contributed by atoms with Crippen LogP contribution in [-0.4, -0.2) is 18.1 Å². The average Bonchev–Trinajstić information content (AvgIpc) is 2.67. The number of allylic oxidation sites excluding steroid dienone is 1. The topological polar surface area (TPSA) is 12.5 Å². The molecule has 2 nitrogen and oxygen atoms in total. The fraction of sp³-hybridized carbons (Fsp3) is 0.407. The van der Waals surface area contributed by atoms with Crippen molar-refractivity contribution >= 4 is 6.08 Å². The van der Waals surface area contributed by atoms with Crippen LogP contribution >= 0.6 is 0 Å². The van der Waals surface area contributed by atoms with Crippen LogP contribution in [0.1, 0.15) is 50.7 Å². The zero-order valence-corrected chi connectivity index (χ0v) is 18.0. The Morgan fingerprint density at radius 2 is 2.17 bits per heavy atom. The molecule has 0 N–H and O–H groups in total. The average molecular weight is 389 g/mol. The monoisotopic (exact) mass is 388 g/mol. The van der Waals surface area contributed by atoms with E-state index in [1.807, 2.05) is 6.08 Å². The highest BCUT2D eigenvalue weighted by molar-refractivity contribution is 5.56. The Balaban J connectivity index is 2.30. The van der Waals surface area contributed by atoms with Gasteiger partial charge < -0.3 is 9.64 Å². The first-order valence-corrected chi connectivity index (χ1v) is 10.6. The van der Waals surface area contributed by atoms with E-state index in [9.17, 15) is 0 Å². The van der Waals surface area contributed by atoms with Crippen LogP contribution in [0.3, 0.4) is 0 Å². The van der Waals surface area contributed by atoms with Gasteiger partial charge in [-0.2, -0.15) is 0 Å². The summed E-state index contributed by atoms with van der Waals surface area (Å²) in [5.74, 6) is 8.22. The highest BCUT2D eigenvalue weighted by Crippen LogP contribution is 2.27. The molecule has 0 bridgehead atoms. The van der Waals surface area contributed by atoms with Crippen molar-refractivity contribution in [3.05, 3.63) is 73.0 Å². The normalized spacial score (nSPS) is 15.9. The van der Waals surface area contributed by atoms with E-state index in [4.69, 9.17) is 4.74 Å². The Bertz CT molecular complexity index is 802. The van der Waals surface area contributed by atoms with Crippen LogP contribution in [0.2, 0.25) is 0 Å². The highest BCUT2D eigenvalue weighted by atomic mass is 16.5. The van der Waals surface area contributed by atoms with E-state index in [0.717, 1.165) is 42.9 Å². The van der Waals surface area contributed by atoms with Crippen LogP contribution in [0.25, 0.3) is 6.08 Å². The third kappa shape index (κ3) is 7.04. The van der Waals surface area contributed by atoms with Crippen molar-refractivity contribution in [3.8, 4) is 17.6 Å². The second kappa shape index (κ2) is 12.1. The number of ether oxygens (including phenoxy) is 1. The molecule has 0 aromatic heterocycles. The molecule has 0 saturated heterocycles. The molecule has 1 aliphatic rings. The maximum absolute atomic E-state index is 5.84. The van der Waals surface area contributed by atoms with Gasteiger partial charge in [0.05, 0.1) is 11.6 Å². The number of nitrogens with zero attached hydrogens (tertiary/aromatic N) is 1. The lowest BCUT2D eigenvalue weighted by Crippen LogP contribution is -2.30. The molecule has 2 rings (SSSR count). The summed E-state index contributed by atoms with van der Waals surface area (Å²) in [6.45, 7) is 18.3. The van der Waals surface area contributed by atoms with Crippen molar-refractivity contribution in [2.24, 2.45) is 11.8 Å². The molecule has 153 valence electrons. The third-order valence-electron chi connectivity index (χ3n) is 4.92. The van der Waals surface area contributed by atoms with Crippen molar-refractivity contribution in [1.82, 2.24) is 4.90 Å². The SMILES string of the molecule is C=C=C([C@@H]1C#C[CH]CCCC1)N(Cc1ccc(C=C)c(OCC=C)c1)CC(C)C. The quantitative estimate of drug-likeness (QED) is 0.260. The molecule has 1 aromatic carbocycles. The van der Waals surface area contributed by atoms with Gasteiger partial charge in [0.1, 0.15) is 12.4 Å². The largest absolute Gasteiger partial charge is 0.489 e. The molecule has 0 saturated carbocycles. The summed E-state index contributed by atoms with van der Waals surface area (Å²) in [6, 6.07) is 6.31. The van der Waals surface area contributed by atoms with Gasteiger partial charge >= 0.3 is 0 Å². The molecule has 0 spiro atoms. The second-order valence-electron chi connectivity index (χ2n) is 7.84. The Hall–Kier alpha value is -2.62. The first kappa shape index (κ1) is 22.7. The maximum Gasteiger partial charge on any atom is 0.127 e. The minimum Gasteiger partial charge on any atom is -0.489 e. The zero-order chi connectivity index (χ0) is 21.1. The Labute approximate surface area is 177 Å². The predicted octanol–water partition coefficient (Wildman–Crippen LogP) is 6.42. The molecule has 0 heterocycles. The van der Waals surface area contributed by atoms with E-state index in [2.05, 4.69) is 80.7 Å². The highest BCUT2D eigenvalue weighted by Gasteiger charge is 2.20. The van der Waals surface area contributed by atoms with Crippen LogP contribution in [0.15, 0.2) is 55.4 Å². The van der Waals surface area contributed by atoms with E-state index in [0.29, 0.717) is 12.5 Å². The van der Waals surface area contributed by atoms with Gasteiger partial charge in [-0.05, 0) is 30.4 Å². The molecule has 2 heteroatoms. The van der Waals surface area contributed by atoms with Gasteiger partial charge in [0.25, 0.3) is 0 Å². The van der Waals surface area contributed by atoms with Crippen LogP contribution in [0.4, 0.5) is 0 Å². The summed E-state index contributed by atoms with van der Waals surface area (Å²) in [6.07, 6.45) is 10.2. The first-order chi connectivity index (χ1) is 14.1. The summed E-state index contributed by atoms with van der Waals surface area (Å²) < 4.78 is 5.84. The summed E-state index contributed by atoms with van der Waals surface area (Å²) in [4.78, 5) is 2.39. The van der Waals surface area contributed by atoms with Gasteiger partial charge in [-0.1, -0.05) is 82.6 Å². The Morgan fingerprint density at radius 1 is 1.34 bits per heavy atom. The molecule has 0 unspecified atom stereocenters. The second-order valence-corrected chi connectivity index (χ2v) is 7.84. The van der Waals surface area contributed by atoms with E-state index in [-0.39, 0.29) is 5.92 Å². The Kier molecular flexibility index (Phi) is 9.42. The van der Waals surface area contributed by atoms with Crippen LogP contribution < -0.4 is 4.74 Å². The lowest BCUT2D eigenvalue weighted by Gasteiger charge is -2.31. The van der Waals surface area contributed by atoms with Gasteiger partial charge in [-0.25, -0.2) is 0 Å². The minimum atomic E-state index is 0.187. The molecule has 1 radical (unpaired) electrons. The van der Waals surface area contributed by atoms with Crippen LogP contribution in [-0.2, 0) is 6.54 Å². The standard InChI is InChI=1S/C27H34NO/c1-6-18-29-27-19-23(16-17-24(27)7-2)21-28(20-22(4)5)26(8-3)25-14-12-10-9-11-13-15-25/h6-7,10,16-17,19,22,25H,1-3,9,11,13,15,18,20-21H2,4-5H3/t25-/m1/s1. The van der Waals surface area contributed by atoms with Gasteiger partial charge in [-0.3, -0.25) is 0 Å². The van der Waals surface area contributed by atoms with E-state index < -0.39 is 0 Å². The summed E-state index contributed by atoms with van der Waals surface area (Å²) in [5, 5.41) is 0. The van der Waals surface area contributed by atoms with E-state index in [1.54, 1.807) is 6.08 Å². The lowest BCUT2D eigenvalue weighted by molar-refractivity contribution is 0.272. The summed E-state index contributed by atoms with van der Waals surface area (Å²) >= 11 is 0. The molecular formula is C27H34NO. The molecular weight excluding hydrogens is 354 g/mol. The molecule has 1 aliphatic carbocycles. The minimum absolute atomic E-state index is 0.187. The zero-order valence-electron chi connectivity index (χ0n) is 18.0. The number of benzene rings is 1. The van der Waals surface area contributed by atoms with Crippen molar-refractivity contribution in [1.29, 1.82) is 0 Å². The summed E-state index contributed by atoms with van der Waals surface area (Å²) in [7, 11) is 0. The number of hydrogen-bond donors (Lipinski definition) is 0. The van der Waals surface area contributed by atoms with Gasteiger partial charge in [0.15, 0.2) is 0 Å². The van der Waals surface area contributed by atoms with Crippen molar-refractivity contribution < 1.29 is 4.74 Å². The van der Waals surface area contributed by atoms with Crippen molar-refractivity contribution in [2.45, 2.75) is 46.1 Å². The van der Waals surface area contributed by atoms with E-state index >= 15 is 0 Å². The predicted molar refractivity (Wildman–Crippen MR) is 124 cm³/mol. The number of hydrogen-bond acceptors (Lipinski definition) is 2. The molecule has 1 aromatic rings. The maximum atomic E-state index is 5.84. The summed E-state index contributed by atoms with van der Waals surface area (Å²) in [5.41, 5.74) is 6.53. The van der Waals surface area contributed by atoms with Crippen molar-refractivity contribution in [3.63, 3.8) is 0 Å². The molecule has 0 amide bonds. The fourth-order valence-corrected chi connectivity index (χ4v) is 3.59. The first-order valence-electron chi connectivity index (χ1n) is 10.6.